The number of carbonyl (C=O) groups is 1. The van der Waals surface area contributed by atoms with Crippen LogP contribution in [0.15, 0.2) is 94.2 Å². The van der Waals surface area contributed by atoms with E-state index in [0.717, 1.165) is 5.56 Å². The van der Waals surface area contributed by atoms with Gasteiger partial charge < -0.3 is 9.26 Å². The molecule has 5 rings (SSSR count). The van der Waals surface area contributed by atoms with E-state index in [0.29, 0.717) is 22.3 Å². The Hall–Kier alpha value is -4.59. The van der Waals surface area contributed by atoms with Crippen LogP contribution < -0.4 is 5.56 Å². The number of nitrogens with zero attached hydrogens (tertiary/aromatic N) is 4. The fraction of sp³-hybridized carbons (Fsp3) is 0.0417. The monoisotopic (exact) mass is 424 g/mol. The summed E-state index contributed by atoms with van der Waals surface area (Å²) in [6.45, 7) is -0.223. The normalized spacial score (nSPS) is 10.9. The van der Waals surface area contributed by atoms with E-state index in [1.807, 2.05) is 36.4 Å². The second-order valence-corrected chi connectivity index (χ2v) is 6.90. The molecule has 0 aliphatic carbocycles. The molecule has 0 saturated carbocycles. The van der Waals surface area contributed by atoms with Crippen LogP contribution >= 0.6 is 0 Å². The van der Waals surface area contributed by atoms with Gasteiger partial charge in [-0.1, -0.05) is 71.9 Å². The third-order valence-electron chi connectivity index (χ3n) is 4.83. The molecule has 0 fully saturated rings. The molecule has 0 atom stereocenters. The molecule has 0 saturated heterocycles. The number of hydrogen-bond donors (Lipinski definition) is 0. The highest BCUT2D eigenvalue weighted by Gasteiger charge is 2.20. The van der Waals surface area contributed by atoms with Gasteiger partial charge >= 0.3 is 5.97 Å². The van der Waals surface area contributed by atoms with Crippen LogP contribution in [0.1, 0.15) is 16.4 Å². The summed E-state index contributed by atoms with van der Waals surface area (Å²) < 4.78 is 11.8. The molecule has 156 valence electrons. The van der Waals surface area contributed by atoms with E-state index in [1.54, 1.807) is 48.5 Å². The number of benzene rings is 3. The van der Waals surface area contributed by atoms with Crippen molar-refractivity contribution in [1.82, 2.24) is 19.9 Å². The van der Waals surface area contributed by atoms with Gasteiger partial charge in [-0.15, -0.1) is 0 Å². The predicted molar refractivity (Wildman–Crippen MR) is 116 cm³/mol. The zero-order chi connectivity index (χ0) is 21.9. The van der Waals surface area contributed by atoms with Gasteiger partial charge in [0.2, 0.25) is 5.82 Å². The molecule has 8 heteroatoms. The van der Waals surface area contributed by atoms with Gasteiger partial charge in [-0.2, -0.15) is 14.8 Å². The minimum atomic E-state index is -0.703. The van der Waals surface area contributed by atoms with Crippen LogP contribution in [0.3, 0.4) is 0 Å². The van der Waals surface area contributed by atoms with E-state index in [-0.39, 0.29) is 23.8 Å². The molecular formula is C24H16N4O4. The Morgan fingerprint density at radius 3 is 2.28 bits per heavy atom. The summed E-state index contributed by atoms with van der Waals surface area (Å²) in [5, 5.41) is 8.98. The first-order valence-corrected chi connectivity index (χ1v) is 9.83. The number of fused-ring (bicyclic) bond motifs is 1. The minimum Gasteiger partial charge on any atom is -0.451 e. The number of aromatic nitrogens is 4. The zero-order valence-corrected chi connectivity index (χ0v) is 16.7. The van der Waals surface area contributed by atoms with Gasteiger partial charge in [0.15, 0.2) is 12.3 Å². The summed E-state index contributed by atoms with van der Waals surface area (Å²) in [6, 6.07) is 25.0. The Morgan fingerprint density at radius 2 is 1.53 bits per heavy atom. The molecule has 0 aliphatic heterocycles. The lowest BCUT2D eigenvalue weighted by Crippen LogP contribution is -2.25. The average molecular weight is 424 g/mol. The van der Waals surface area contributed by atoms with Crippen LogP contribution in [-0.2, 0) is 11.3 Å². The first kappa shape index (κ1) is 19.4. The number of esters is 1. The van der Waals surface area contributed by atoms with E-state index >= 15 is 0 Å². The van der Waals surface area contributed by atoms with Gasteiger partial charge in [-0.05, 0) is 18.2 Å². The molecule has 8 nitrogen and oxygen atoms in total. The van der Waals surface area contributed by atoms with Crippen molar-refractivity contribution in [2.45, 2.75) is 6.61 Å². The van der Waals surface area contributed by atoms with Crippen LogP contribution in [-0.4, -0.2) is 25.9 Å². The number of ether oxygens (including phenoxy) is 1. The molecule has 0 unspecified atom stereocenters. The van der Waals surface area contributed by atoms with Crippen LogP contribution in [0.5, 0.6) is 0 Å². The lowest BCUT2D eigenvalue weighted by Gasteiger charge is -2.10. The van der Waals surface area contributed by atoms with Crippen molar-refractivity contribution in [2.75, 3.05) is 0 Å². The minimum absolute atomic E-state index is 0.0202. The summed E-state index contributed by atoms with van der Waals surface area (Å²) in [5.74, 6) is -0.152. The first-order valence-electron chi connectivity index (χ1n) is 9.83. The van der Waals surface area contributed by atoms with Gasteiger partial charge in [0.05, 0.1) is 11.1 Å². The molecule has 0 aliphatic rings. The number of rotatable bonds is 5. The third-order valence-corrected chi connectivity index (χ3v) is 4.83. The van der Waals surface area contributed by atoms with Crippen molar-refractivity contribution >= 4 is 16.7 Å². The molecule has 5 aromatic rings. The highest BCUT2D eigenvalue weighted by Crippen LogP contribution is 2.18. The van der Waals surface area contributed by atoms with Gasteiger partial charge in [-0.25, -0.2) is 4.79 Å². The quantitative estimate of drug-likeness (QED) is 0.396. The second-order valence-electron chi connectivity index (χ2n) is 6.90. The molecule has 0 radical (unpaired) electrons. The largest absolute Gasteiger partial charge is 0.451 e. The van der Waals surface area contributed by atoms with Gasteiger partial charge in [0.25, 0.3) is 11.4 Å². The predicted octanol–water partition coefficient (Wildman–Crippen LogP) is 3.79. The maximum Gasteiger partial charge on any atom is 0.359 e. The summed E-state index contributed by atoms with van der Waals surface area (Å²) in [4.78, 5) is 30.1. The Balaban J connectivity index is 1.46. The summed E-state index contributed by atoms with van der Waals surface area (Å²) in [6.07, 6.45) is 0. The highest BCUT2D eigenvalue weighted by molar-refractivity contribution is 6.02. The van der Waals surface area contributed by atoms with E-state index in [1.165, 1.54) is 4.68 Å². The third kappa shape index (κ3) is 3.65. The van der Waals surface area contributed by atoms with Crippen molar-refractivity contribution in [2.24, 2.45) is 0 Å². The first-order chi connectivity index (χ1) is 15.7. The van der Waals surface area contributed by atoms with E-state index < -0.39 is 5.97 Å². The lowest BCUT2D eigenvalue weighted by molar-refractivity contribution is 0.0423. The van der Waals surface area contributed by atoms with Crippen molar-refractivity contribution in [3.63, 3.8) is 0 Å². The maximum absolute atomic E-state index is 12.9. The molecule has 0 N–H and O–H groups in total. The molecular weight excluding hydrogens is 408 g/mol. The van der Waals surface area contributed by atoms with Crippen molar-refractivity contribution in [3.8, 4) is 17.1 Å². The van der Waals surface area contributed by atoms with Gasteiger partial charge in [-0.3, -0.25) is 4.79 Å². The zero-order valence-electron chi connectivity index (χ0n) is 16.7. The topological polar surface area (TPSA) is 100 Å². The standard InChI is InChI=1S/C24H16N4O4/c29-23-19-14-8-7-13-18(19)21(26-28(23)17-11-5-2-6-12-17)24(30)31-15-20-25-22(27-32-20)16-9-3-1-4-10-16/h1-14H,15H2. The number of hydrogen-bond acceptors (Lipinski definition) is 7. The fourth-order valence-corrected chi connectivity index (χ4v) is 3.30. The molecule has 3 aromatic carbocycles. The number of para-hydroxylation sites is 1. The van der Waals surface area contributed by atoms with E-state index in [2.05, 4.69) is 15.2 Å². The van der Waals surface area contributed by atoms with Gasteiger partial charge in [0.1, 0.15) is 0 Å². The Morgan fingerprint density at radius 1 is 0.875 bits per heavy atom. The Kier molecular flexibility index (Phi) is 5.01. The van der Waals surface area contributed by atoms with Crippen LogP contribution in [0, 0.1) is 0 Å². The lowest BCUT2D eigenvalue weighted by atomic mass is 10.1. The molecule has 2 heterocycles. The summed E-state index contributed by atoms with van der Waals surface area (Å²) in [5.41, 5.74) is 1.03. The molecule has 2 aromatic heterocycles. The molecule has 0 spiro atoms. The second kappa shape index (κ2) is 8.27. The smallest absolute Gasteiger partial charge is 0.359 e. The van der Waals surface area contributed by atoms with Crippen LogP contribution in [0.4, 0.5) is 0 Å². The van der Waals surface area contributed by atoms with Crippen LogP contribution in [0.25, 0.3) is 27.8 Å². The molecule has 0 bridgehead atoms. The van der Waals surface area contributed by atoms with Gasteiger partial charge in [0, 0.05) is 10.9 Å². The molecule has 32 heavy (non-hydrogen) atoms. The SMILES string of the molecule is O=C(OCc1nc(-c2ccccc2)no1)c1nn(-c2ccccc2)c(=O)c2ccccc12. The molecule has 0 amide bonds. The van der Waals surface area contributed by atoms with Crippen molar-refractivity contribution in [3.05, 3.63) is 107 Å². The Labute approximate surface area is 181 Å². The summed E-state index contributed by atoms with van der Waals surface area (Å²) >= 11 is 0. The number of carbonyl (C=O) groups excluding carboxylic acids is 1. The van der Waals surface area contributed by atoms with E-state index in [4.69, 9.17) is 9.26 Å². The van der Waals surface area contributed by atoms with E-state index in [9.17, 15) is 9.59 Å². The van der Waals surface area contributed by atoms with Crippen molar-refractivity contribution < 1.29 is 14.1 Å². The van der Waals surface area contributed by atoms with Crippen LogP contribution in [0.2, 0.25) is 0 Å². The average Bonchev–Trinajstić information content (AvgIpc) is 3.33. The summed E-state index contributed by atoms with van der Waals surface area (Å²) in [7, 11) is 0. The fourth-order valence-electron chi connectivity index (χ4n) is 3.30. The Bertz CT molecular complexity index is 1460. The maximum atomic E-state index is 12.9. The van der Waals surface area contributed by atoms with Crippen molar-refractivity contribution in [1.29, 1.82) is 0 Å². The highest BCUT2D eigenvalue weighted by atomic mass is 16.6.